The lowest BCUT2D eigenvalue weighted by Crippen LogP contribution is -1.98. The van der Waals surface area contributed by atoms with Gasteiger partial charge in [-0.1, -0.05) is 0 Å². The Labute approximate surface area is 54.7 Å². The van der Waals surface area contributed by atoms with E-state index in [9.17, 15) is 0 Å². The first kappa shape index (κ1) is 6.23. The summed E-state index contributed by atoms with van der Waals surface area (Å²) in [4.78, 5) is 3.87. The van der Waals surface area contributed by atoms with Crippen molar-refractivity contribution >= 4 is 0 Å². The average molecular weight is 121 g/mol. The molecule has 47 valence electrons. The molecule has 1 aromatic heterocycles. The molecule has 2 nitrogen and oxygen atoms in total. The van der Waals surface area contributed by atoms with Crippen molar-refractivity contribution < 1.29 is 0 Å². The third kappa shape index (κ3) is 1.27. The number of rotatable bonds is 1. The van der Waals surface area contributed by atoms with Crippen LogP contribution in [0.15, 0.2) is 18.5 Å². The normalized spacial score (nSPS) is 9.56. The Bertz CT molecular complexity index is 196. The molecule has 9 heavy (non-hydrogen) atoms. The fourth-order valence-corrected chi connectivity index (χ4v) is 0.655. The van der Waals surface area contributed by atoms with Crippen molar-refractivity contribution in [3.05, 3.63) is 36.5 Å². The Balaban J connectivity index is 3.01. The molecule has 0 aromatic carbocycles. The summed E-state index contributed by atoms with van der Waals surface area (Å²) >= 11 is 0. The molecule has 0 atom stereocenters. The summed E-state index contributed by atoms with van der Waals surface area (Å²) in [5.41, 5.74) is 7.36. The van der Waals surface area contributed by atoms with Crippen LogP contribution < -0.4 is 5.73 Å². The minimum atomic E-state index is 0.543. The van der Waals surface area contributed by atoms with E-state index in [1.54, 1.807) is 12.4 Å². The van der Waals surface area contributed by atoms with E-state index in [4.69, 9.17) is 5.73 Å². The number of hydrogen-bond acceptors (Lipinski definition) is 2. The Morgan fingerprint density at radius 2 is 2.44 bits per heavy atom. The Hall–Kier alpha value is -0.890. The van der Waals surface area contributed by atoms with Crippen molar-refractivity contribution in [2.24, 2.45) is 5.73 Å². The molecule has 0 saturated heterocycles. The Kier molecular flexibility index (Phi) is 1.80. The lowest BCUT2D eigenvalue weighted by Gasteiger charge is -1.97. The van der Waals surface area contributed by atoms with Gasteiger partial charge in [-0.15, -0.1) is 0 Å². The summed E-state index contributed by atoms with van der Waals surface area (Å²) in [6.45, 7) is 4.29. The number of nitrogens with zero attached hydrogens (tertiary/aromatic N) is 1. The maximum Gasteiger partial charge on any atom is 0.0303 e. The lowest BCUT2D eigenvalue weighted by molar-refractivity contribution is 1.05. The largest absolute Gasteiger partial charge is 0.326 e. The molecule has 0 bridgehead atoms. The molecule has 1 aromatic rings. The van der Waals surface area contributed by atoms with Gasteiger partial charge in [0, 0.05) is 18.9 Å². The smallest absolute Gasteiger partial charge is 0.0303 e. The average Bonchev–Trinajstić information content (AvgIpc) is 1.89. The summed E-state index contributed by atoms with van der Waals surface area (Å²) in [6.07, 6.45) is 3.43. The number of hydrogen-bond donors (Lipinski definition) is 1. The molecule has 0 unspecified atom stereocenters. The maximum atomic E-state index is 5.38. The van der Waals surface area contributed by atoms with Crippen LogP contribution in [0.1, 0.15) is 11.1 Å². The maximum absolute atomic E-state index is 5.38. The standard InChI is InChI=1S/C7H9N2/c1-6-5-9-3-2-7(6)4-8/h2-3,5H,1,4,8H2. The molecule has 1 radical (unpaired) electrons. The molecule has 2 N–H and O–H groups in total. The van der Waals surface area contributed by atoms with Gasteiger partial charge in [0.2, 0.25) is 0 Å². The van der Waals surface area contributed by atoms with E-state index < -0.39 is 0 Å². The first-order valence-electron chi connectivity index (χ1n) is 2.79. The van der Waals surface area contributed by atoms with Crippen LogP contribution in [0.5, 0.6) is 0 Å². The molecule has 0 fully saturated rings. The van der Waals surface area contributed by atoms with E-state index in [1.807, 2.05) is 6.07 Å². The van der Waals surface area contributed by atoms with Crippen LogP contribution in [-0.4, -0.2) is 4.98 Å². The van der Waals surface area contributed by atoms with E-state index in [2.05, 4.69) is 11.9 Å². The van der Waals surface area contributed by atoms with E-state index >= 15 is 0 Å². The third-order valence-corrected chi connectivity index (χ3v) is 1.22. The molecule has 2 heteroatoms. The summed E-state index contributed by atoms with van der Waals surface area (Å²) in [7, 11) is 0. The van der Waals surface area contributed by atoms with Gasteiger partial charge in [0.05, 0.1) is 0 Å². The van der Waals surface area contributed by atoms with Crippen LogP contribution >= 0.6 is 0 Å². The molecule has 0 aliphatic carbocycles. The highest BCUT2D eigenvalue weighted by Gasteiger charge is 1.90. The SMILES string of the molecule is [CH2]c1cnccc1CN. The van der Waals surface area contributed by atoms with E-state index in [0.717, 1.165) is 11.1 Å². The minimum absolute atomic E-state index is 0.543. The van der Waals surface area contributed by atoms with Gasteiger partial charge >= 0.3 is 0 Å². The number of nitrogens with two attached hydrogens (primary N) is 1. The minimum Gasteiger partial charge on any atom is -0.326 e. The zero-order valence-corrected chi connectivity index (χ0v) is 5.17. The molecule has 0 spiro atoms. The first-order chi connectivity index (χ1) is 4.34. The van der Waals surface area contributed by atoms with Gasteiger partial charge < -0.3 is 5.73 Å². The van der Waals surface area contributed by atoms with E-state index in [1.165, 1.54) is 0 Å². The number of aromatic nitrogens is 1. The van der Waals surface area contributed by atoms with Crippen LogP contribution in [0.3, 0.4) is 0 Å². The molecule has 0 amide bonds. The van der Waals surface area contributed by atoms with Crippen LogP contribution in [0.4, 0.5) is 0 Å². The Morgan fingerprint density at radius 3 is 2.89 bits per heavy atom. The summed E-state index contributed by atoms with van der Waals surface area (Å²) in [5.74, 6) is 0. The van der Waals surface area contributed by atoms with Gasteiger partial charge in [0.15, 0.2) is 0 Å². The fourth-order valence-electron chi connectivity index (χ4n) is 0.655. The monoisotopic (exact) mass is 121 g/mol. The molecule has 0 aliphatic heterocycles. The second-order valence-corrected chi connectivity index (χ2v) is 1.85. The predicted molar refractivity (Wildman–Crippen MR) is 36.6 cm³/mol. The summed E-state index contributed by atoms with van der Waals surface area (Å²) in [6, 6.07) is 1.88. The van der Waals surface area contributed by atoms with Gasteiger partial charge in [-0.2, -0.15) is 0 Å². The fraction of sp³-hybridized carbons (Fsp3) is 0.143. The van der Waals surface area contributed by atoms with Crippen molar-refractivity contribution in [2.45, 2.75) is 6.54 Å². The van der Waals surface area contributed by atoms with Crippen molar-refractivity contribution in [3.63, 3.8) is 0 Å². The van der Waals surface area contributed by atoms with Gasteiger partial charge in [0.25, 0.3) is 0 Å². The number of pyridine rings is 1. The van der Waals surface area contributed by atoms with E-state index in [-0.39, 0.29) is 0 Å². The van der Waals surface area contributed by atoms with Crippen LogP contribution in [0, 0.1) is 6.92 Å². The second-order valence-electron chi connectivity index (χ2n) is 1.85. The topological polar surface area (TPSA) is 38.9 Å². The molecule has 0 aliphatic rings. The van der Waals surface area contributed by atoms with Crippen molar-refractivity contribution in [2.75, 3.05) is 0 Å². The zero-order valence-electron chi connectivity index (χ0n) is 5.17. The summed E-state index contributed by atoms with van der Waals surface area (Å²) < 4.78 is 0. The summed E-state index contributed by atoms with van der Waals surface area (Å²) in [5, 5.41) is 0. The molecule has 1 rings (SSSR count). The zero-order chi connectivity index (χ0) is 6.69. The van der Waals surface area contributed by atoms with Gasteiger partial charge in [-0.3, -0.25) is 4.98 Å². The van der Waals surface area contributed by atoms with Gasteiger partial charge in [0.1, 0.15) is 0 Å². The highest BCUT2D eigenvalue weighted by molar-refractivity contribution is 5.24. The van der Waals surface area contributed by atoms with Crippen LogP contribution in [-0.2, 0) is 6.54 Å². The highest BCUT2D eigenvalue weighted by Crippen LogP contribution is 2.01. The predicted octanol–water partition coefficient (Wildman–Crippen LogP) is 0.722. The van der Waals surface area contributed by atoms with E-state index in [0.29, 0.717) is 6.54 Å². The van der Waals surface area contributed by atoms with Crippen molar-refractivity contribution in [1.29, 1.82) is 0 Å². The van der Waals surface area contributed by atoms with Crippen molar-refractivity contribution in [1.82, 2.24) is 4.98 Å². The molecular formula is C7H9N2. The molecule has 1 heterocycles. The third-order valence-electron chi connectivity index (χ3n) is 1.22. The molecule has 0 saturated carbocycles. The van der Waals surface area contributed by atoms with Crippen molar-refractivity contribution in [3.8, 4) is 0 Å². The highest BCUT2D eigenvalue weighted by atomic mass is 14.6. The van der Waals surface area contributed by atoms with Crippen LogP contribution in [0.2, 0.25) is 0 Å². The van der Waals surface area contributed by atoms with Gasteiger partial charge in [-0.05, 0) is 24.1 Å². The lowest BCUT2D eigenvalue weighted by atomic mass is 10.2. The van der Waals surface area contributed by atoms with Crippen LogP contribution in [0.25, 0.3) is 0 Å². The Morgan fingerprint density at radius 1 is 1.67 bits per heavy atom. The molecular weight excluding hydrogens is 112 g/mol. The van der Waals surface area contributed by atoms with Gasteiger partial charge in [-0.25, -0.2) is 0 Å². The second kappa shape index (κ2) is 2.60. The quantitative estimate of drug-likeness (QED) is 0.594. The first-order valence-corrected chi connectivity index (χ1v) is 2.79.